The van der Waals surface area contributed by atoms with Crippen LogP contribution in [0.1, 0.15) is 30.9 Å². The van der Waals surface area contributed by atoms with E-state index in [1.807, 2.05) is 26.8 Å². The molecule has 0 unspecified atom stereocenters. The molecule has 3 aromatic rings. The molecule has 170 valence electrons. The zero-order valence-electron chi connectivity index (χ0n) is 18.3. The number of ether oxygens (including phenoxy) is 1. The quantitative estimate of drug-likeness (QED) is 0.492. The summed E-state index contributed by atoms with van der Waals surface area (Å²) in [5.41, 5.74) is 2.41. The smallest absolute Gasteiger partial charge is 0.261 e. The highest BCUT2D eigenvalue weighted by Gasteiger charge is 2.19. The van der Waals surface area contributed by atoms with E-state index < -0.39 is 20.0 Å². The van der Waals surface area contributed by atoms with Crippen LogP contribution in [0.5, 0.6) is 5.75 Å². The molecule has 0 amide bonds. The van der Waals surface area contributed by atoms with Gasteiger partial charge >= 0.3 is 0 Å². The molecule has 0 radical (unpaired) electrons. The highest BCUT2D eigenvalue weighted by Crippen LogP contribution is 2.30. The summed E-state index contributed by atoms with van der Waals surface area (Å²) in [5, 5.41) is 0. The van der Waals surface area contributed by atoms with E-state index >= 15 is 0 Å². The first kappa shape index (κ1) is 23.6. The zero-order valence-corrected chi connectivity index (χ0v) is 19.9. The lowest BCUT2D eigenvalue weighted by molar-refractivity contribution is 0.407. The van der Waals surface area contributed by atoms with Crippen LogP contribution < -0.4 is 14.2 Å². The summed E-state index contributed by atoms with van der Waals surface area (Å²) in [4.78, 5) is 0.119. The second-order valence-electron chi connectivity index (χ2n) is 7.66. The predicted octanol–water partition coefficient (Wildman–Crippen LogP) is 4.73. The van der Waals surface area contributed by atoms with E-state index in [4.69, 9.17) is 4.74 Å². The number of methoxy groups -OCH3 is 1. The van der Waals surface area contributed by atoms with Crippen molar-refractivity contribution in [2.24, 2.45) is 0 Å². The summed E-state index contributed by atoms with van der Waals surface area (Å²) < 4.78 is 61.3. The first-order valence-corrected chi connectivity index (χ1v) is 12.9. The predicted molar refractivity (Wildman–Crippen MR) is 126 cm³/mol. The van der Waals surface area contributed by atoms with Crippen molar-refractivity contribution in [1.82, 2.24) is 0 Å². The SMILES string of the molecule is COc1ccc(S(=O)(=O)Nc2ccc(S(=O)(=O)Nc3cccc(C)c3)cc2)cc1C(C)C. The molecule has 0 saturated carbocycles. The monoisotopic (exact) mass is 474 g/mol. The molecule has 0 aromatic heterocycles. The summed E-state index contributed by atoms with van der Waals surface area (Å²) in [6.45, 7) is 5.77. The lowest BCUT2D eigenvalue weighted by Gasteiger charge is -2.15. The number of rotatable bonds is 8. The van der Waals surface area contributed by atoms with Crippen LogP contribution in [0, 0.1) is 6.92 Å². The van der Waals surface area contributed by atoms with Gasteiger partial charge in [0.2, 0.25) is 0 Å². The van der Waals surface area contributed by atoms with Crippen LogP contribution in [0.4, 0.5) is 11.4 Å². The minimum absolute atomic E-state index is 0.0218. The van der Waals surface area contributed by atoms with Gasteiger partial charge < -0.3 is 4.74 Å². The highest BCUT2D eigenvalue weighted by molar-refractivity contribution is 7.93. The first-order chi connectivity index (χ1) is 15.0. The second-order valence-corrected chi connectivity index (χ2v) is 11.0. The average Bonchev–Trinajstić information content (AvgIpc) is 2.73. The minimum atomic E-state index is -3.87. The van der Waals surface area contributed by atoms with Crippen molar-refractivity contribution >= 4 is 31.4 Å². The number of hydrogen-bond donors (Lipinski definition) is 2. The van der Waals surface area contributed by atoms with E-state index in [9.17, 15) is 16.8 Å². The van der Waals surface area contributed by atoms with Gasteiger partial charge in [-0.15, -0.1) is 0 Å². The summed E-state index contributed by atoms with van der Waals surface area (Å²) in [7, 11) is -6.13. The molecule has 9 heteroatoms. The molecule has 0 aliphatic carbocycles. The van der Waals surface area contributed by atoms with Crippen LogP contribution in [0.15, 0.2) is 76.5 Å². The fourth-order valence-electron chi connectivity index (χ4n) is 3.17. The van der Waals surface area contributed by atoms with Gasteiger partial charge in [-0.1, -0.05) is 26.0 Å². The van der Waals surface area contributed by atoms with Gasteiger partial charge in [-0.3, -0.25) is 9.44 Å². The van der Waals surface area contributed by atoms with E-state index in [0.717, 1.165) is 11.1 Å². The number of benzene rings is 3. The molecule has 0 heterocycles. The molecular weight excluding hydrogens is 448 g/mol. The number of aryl methyl sites for hydroxylation is 1. The second kappa shape index (κ2) is 9.22. The van der Waals surface area contributed by atoms with Crippen molar-refractivity contribution in [1.29, 1.82) is 0 Å². The van der Waals surface area contributed by atoms with Crippen LogP contribution in [0.3, 0.4) is 0 Å². The maximum atomic E-state index is 12.8. The van der Waals surface area contributed by atoms with Crippen molar-refractivity contribution in [2.45, 2.75) is 36.5 Å². The molecule has 0 bridgehead atoms. The molecule has 32 heavy (non-hydrogen) atoms. The molecular formula is C23H26N2O5S2. The Morgan fingerprint density at radius 1 is 0.750 bits per heavy atom. The van der Waals surface area contributed by atoms with Gasteiger partial charge in [0.1, 0.15) is 5.75 Å². The molecule has 0 atom stereocenters. The Labute approximate surface area is 189 Å². The maximum Gasteiger partial charge on any atom is 0.261 e. The molecule has 2 N–H and O–H groups in total. The Morgan fingerprint density at radius 2 is 1.34 bits per heavy atom. The maximum absolute atomic E-state index is 12.8. The van der Waals surface area contributed by atoms with E-state index in [2.05, 4.69) is 9.44 Å². The Morgan fingerprint density at radius 3 is 1.94 bits per heavy atom. The third kappa shape index (κ3) is 5.41. The van der Waals surface area contributed by atoms with Gasteiger partial charge in [0, 0.05) is 11.4 Å². The van der Waals surface area contributed by atoms with Gasteiger partial charge in [-0.2, -0.15) is 0 Å². The van der Waals surface area contributed by atoms with Crippen LogP contribution in [-0.4, -0.2) is 23.9 Å². The van der Waals surface area contributed by atoms with Crippen LogP contribution >= 0.6 is 0 Å². The third-order valence-electron chi connectivity index (χ3n) is 4.82. The van der Waals surface area contributed by atoms with Gasteiger partial charge in [0.05, 0.1) is 16.9 Å². The molecule has 7 nitrogen and oxygen atoms in total. The number of anilines is 2. The van der Waals surface area contributed by atoms with Gasteiger partial charge in [0.25, 0.3) is 20.0 Å². The molecule has 0 aliphatic rings. The van der Waals surface area contributed by atoms with E-state index in [0.29, 0.717) is 11.4 Å². The number of sulfonamides is 2. The largest absolute Gasteiger partial charge is 0.496 e. The molecule has 3 aromatic carbocycles. The Bertz CT molecular complexity index is 1320. The Balaban J connectivity index is 1.81. The van der Waals surface area contributed by atoms with Crippen LogP contribution in [0.25, 0.3) is 0 Å². The topological polar surface area (TPSA) is 102 Å². The minimum Gasteiger partial charge on any atom is -0.496 e. The van der Waals surface area contributed by atoms with Crippen molar-refractivity contribution in [2.75, 3.05) is 16.6 Å². The van der Waals surface area contributed by atoms with Gasteiger partial charge in [0.15, 0.2) is 0 Å². The fourth-order valence-corrected chi connectivity index (χ4v) is 5.31. The summed E-state index contributed by atoms with van der Waals surface area (Å²) in [5.74, 6) is 0.695. The van der Waals surface area contributed by atoms with Crippen LogP contribution in [0.2, 0.25) is 0 Å². The summed E-state index contributed by atoms with van der Waals surface area (Å²) in [6.07, 6.45) is 0. The normalized spacial score (nSPS) is 11.9. The standard InChI is InChI=1S/C23H26N2O5S2/c1-16(2)22-15-21(12-13-23(22)30-4)32(28,29)24-18-8-10-20(11-9-18)31(26,27)25-19-7-5-6-17(3)14-19/h5-16,24-25H,1-4H3. The van der Waals surface area contributed by atoms with Crippen LogP contribution in [-0.2, 0) is 20.0 Å². The zero-order chi connectivity index (χ0) is 23.5. The van der Waals surface area contributed by atoms with E-state index in [1.165, 1.54) is 37.4 Å². The Hall–Kier alpha value is -3.04. The molecule has 0 fully saturated rings. The summed E-state index contributed by atoms with van der Waals surface area (Å²) in [6, 6.07) is 17.2. The molecule has 0 saturated heterocycles. The lowest BCUT2D eigenvalue weighted by Crippen LogP contribution is -2.15. The lowest BCUT2D eigenvalue weighted by atomic mass is 10.0. The van der Waals surface area contributed by atoms with Gasteiger partial charge in [-0.05, 0) is 78.6 Å². The van der Waals surface area contributed by atoms with E-state index in [-0.39, 0.29) is 21.4 Å². The van der Waals surface area contributed by atoms with Crippen molar-refractivity contribution < 1.29 is 21.6 Å². The fraction of sp³-hybridized carbons (Fsp3) is 0.217. The van der Waals surface area contributed by atoms with Gasteiger partial charge in [-0.25, -0.2) is 16.8 Å². The Kier molecular flexibility index (Phi) is 6.80. The first-order valence-electron chi connectivity index (χ1n) is 9.92. The molecule has 3 rings (SSSR count). The average molecular weight is 475 g/mol. The number of nitrogens with one attached hydrogen (secondary N) is 2. The van der Waals surface area contributed by atoms with Crippen molar-refractivity contribution in [3.63, 3.8) is 0 Å². The molecule has 0 spiro atoms. The van der Waals surface area contributed by atoms with Crippen molar-refractivity contribution in [3.05, 3.63) is 77.9 Å². The van der Waals surface area contributed by atoms with E-state index in [1.54, 1.807) is 30.3 Å². The highest BCUT2D eigenvalue weighted by atomic mass is 32.2. The van der Waals surface area contributed by atoms with Crippen molar-refractivity contribution in [3.8, 4) is 5.75 Å². The molecule has 0 aliphatic heterocycles. The third-order valence-corrected chi connectivity index (χ3v) is 7.60. The number of hydrogen-bond acceptors (Lipinski definition) is 5. The summed E-state index contributed by atoms with van der Waals surface area (Å²) >= 11 is 0.